The highest BCUT2D eigenvalue weighted by Crippen LogP contribution is 2.51. The summed E-state index contributed by atoms with van der Waals surface area (Å²) in [6.07, 6.45) is -0.0492. The maximum Gasteiger partial charge on any atom is 0.418 e. The number of carbonyl (C=O) groups is 3. The molecule has 4 atom stereocenters. The number of aromatic nitrogens is 3. The van der Waals surface area contributed by atoms with Gasteiger partial charge in [0.2, 0.25) is 11.8 Å². The summed E-state index contributed by atoms with van der Waals surface area (Å²) < 4.78 is 55.9. The van der Waals surface area contributed by atoms with Crippen molar-refractivity contribution in [1.29, 1.82) is 0 Å². The lowest BCUT2D eigenvalue weighted by molar-refractivity contribution is -0.137. The fourth-order valence-corrected chi connectivity index (χ4v) is 9.31. The van der Waals surface area contributed by atoms with Crippen molar-refractivity contribution in [3.8, 4) is 11.5 Å². The zero-order valence-electron chi connectivity index (χ0n) is 32.5. The number of phenolic OH excluding ortho intramolecular Hbond substituents is 1. The predicted octanol–water partition coefficient (Wildman–Crippen LogP) is 6.20. The van der Waals surface area contributed by atoms with Gasteiger partial charge in [-0.15, -0.1) is 5.10 Å². The number of fused-ring (bicyclic) bond motifs is 2. The number of ether oxygens (including phenoxy) is 2. The van der Waals surface area contributed by atoms with Crippen molar-refractivity contribution < 1.29 is 42.1 Å². The number of unbranched alkanes of at least 4 members (excludes halogenated alkanes) is 1. The first kappa shape index (κ1) is 40.9. The van der Waals surface area contributed by atoms with E-state index in [1.54, 1.807) is 49.0 Å². The molecule has 4 heterocycles. The molecule has 13 nitrogen and oxygen atoms in total. The lowest BCUT2D eigenvalue weighted by Gasteiger charge is -2.32. The summed E-state index contributed by atoms with van der Waals surface area (Å²) in [7, 11) is 0. The van der Waals surface area contributed by atoms with Gasteiger partial charge in [-0.05, 0) is 82.0 Å². The third-order valence-electron chi connectivity index (χ3n) is 10.8. The molecule has 3 aliphatic heterocycles. The standard InChI is InChI=1S/C41H46F3N7O6S/c1-38(2,23-57-39(3,4)48-33(53)11-6-5-10-32-35-31(22-58-32)45-37(55)47-35)51-20-26(49-50-51)21-56-28-18-14-25(15-19-28)40(24-12-16-27(52)17-13-24)29-8-7-9-30(41(42,43)44)34(29)46-36(40)54/h7-9,12-20,31-32,35,52H,5-6,10-11,21-23H2,1-4H3,(H,46,54)(H,48,53)(H2,45,47,55)/t31-,32-,35?,40?/m0/s1. The third kappa shape index (κ3) is 8.32. The summed E-state index contributed by atoms with van der Waals surface area (Å²) in [6, 6.07) is 16.3. The van der Waals surface area contributed by atoms with E-state index in [2.05, 4.69) is 31.6 Å². The number of phenols is 1. The number of alkyl halides is 3. The van der Waals surface area contributed by atoms with E-state index >= 15 is 0 Å². The predicted molar refractivity (Wildman–Crippen MR) is 210 cm³/mol. The SMILES string of the molecule is CC(C)(NC(=O)CCCC[C@@H]1SC[C@@H]2NC(=O)NC21)OCC(C)(C)n1cc(COc2ccc(C3(c4ccc(O)cc4)C(=O)Nc4c(C(F)(F)F)cccc43)cc2)nn1. The molecule has 0 bridgehead atoms. The van der Waals surface area contributed by atoms with Crippen LogP contribution < -0.4 is 26.0 Å². The molecular weight excluding hydrogens is 776 g/mol. The molecule has 7 rings (SSSR count). The quantitative estimate of drug-likeness (QED) is 0.0533. The Bertz CT molecular complexity index is 2160. The van der Waals surface area contributed by atoms with Gasteiger partial charge in [0.1, 0.15) is 34.9 Å². The van der Waals surface area contributed by atoms with E-state index < -0.39 is 34.3 Å². The number of nitrogens with one attached hydrogen (secondary N) is 4. The molecule has 4 amide bonds. The van der Waals surface area contributed by atoms with Crippen LogP contribution in [0.2, 0.25) is 0 Å². The van der Waals surface area contributed by atoms with E-state index in [0.29, 0.717) is 34.2 Å². The summed E-state index contributed by atoms with van der Waals surface area (Å²) in [4.78, 5) is 38.2. The normalized spacial score (nSPS) is 21.5. The van der Waals surface area contributed by atoms with Gasteiger partial charge >= 0.3 is 12.2 Å². The average molecular weight is 822 g/mol. The minimum atomic E-state index is -4.70. The van der Waals surface area contributed by atoms with Crippen LogP contribution in [0.5, 0.6) is 11.5 Å². The first-order valence-electron chi connectivity index (χ1n) is 19.1. The van der Waals surface area contributed by atoms with Gasteiger partial charge in [-0.3, -0.25) is 9.59 Å². The third-order valence-corrected chi connectivity index (χ3v) is 12.3. The van der Waals surface area contributed by atoms with Gasteiger partial charge in [0.05, 0.1) is 41.7 Å². The number of amides is 4. The highest BCUT2D eigenvalue weighted by Gasteiger charge is 2.52. The Balaban J connectivity index is 0.938. The monoisotopic (exact) mass is 821 g/mol. The van der Waals surface area contributed by atoms with E-state index in [4.69, 9.17) is 9.47 Å². The number of urea groups is 1. The van der Waals surface area contributed by atoms with Crippen molar-refractivity contribution in [1.82, 2.24) is 30.9 Å². The highest BCUT2D eigenvalue weighted by atomic mass is 32.2. The molecule has 0 spiro atoms. The number of hydrogen-bond acceptors (Lipinski definition) is 9. The number of thioether (sulfide) groups is 1. The van der Waals surface area contributed by atoms with Gasteiger partial charge in [0, 0.05) is 23.0 Å². The number of rotatable bonds is 15. The van der Waals surface area contributed by atoms with Crippen LogP contribution in [0.1, 0.15) is 81.3 Å². The minimum Gasteiger partial charge on any atom is -0.508 e. The van der Waals surface area contributed by atoms with E-state index in [-0.39, 0.29) is 54.2 Å². The number of nitrogens with zero attached hydrogens (tertiary/aromatic N) is 3. The smallest absolute Gasteiger partial charge is 0.418 e. The Morgan fingerprint density at radius 2 is 1.71 bits per heavy atom. The second-order valence-corrected chi connectivity index (χ2v) is 17.2. The lowest BCUT2D eigenvalue weighted by atomic mass is 9.70. The maximum atomic E-state index is 14.0. The molecule has 5 N–H and O–H groups in total. The molecule has 17 heteroatoms. The maximum absolute atomic E-state index is 14.0. The van der Waals surface area contributed by atoms with Crippen LogP contribution >= 0.6 is 11.8 Å². The van der Waals surface area contributed by atoms with Gasteiger partial charge < -0.3 is 35.8 Å². The first-order valence-corrected chi connectivity index (χ1v) is 20.1. The van der Waals surface area contributed by atoms with Crippen LogP contribution in [0.25, 0.3) is 0 Å². The Kier molecular flexibility index (Phi) is 11.1. The number of benzene rings is 3. The Morgan fingerprint density at radius 3 is 2.41 bits per heavy atom. The van der Waals surface area contributed by atoms with Crippen LogP contribution in [-0.2, 0) is 38.1 Å². The molecule has 2 unspecified atom stereocenters. The fraction of sp³-hybridized carbons (Fsp3) is 0.439. The zero-order valence-corrected chi connectivity index (χ0v) is 33.3. The topological polar surface area (TPSA) is 169 Å². The molecule has 3 aromatic carbocycles. The zero-order chi connectivity index (χ0) is 41.5. The van der Waals surface area contributed by atoms with Crippen LogP contribution in [0.4, 0.5) is 23.7 Å². The number of hydrogen-bond donors (Lipinski definition) is 5. The van der Waals surface area contributed by atoms with E-state index in [1.165, 1.54) is 36.4 Å². The molecule has 58 heavy (non-hydrogen) atoms. The number of para-hydroxylation sites is 1. The molecule has 0 saturated carbocycles. The number of carbonyl (C=O) groups excluding carboxylic acids is 3. The lowest BCUT2D eigenvalue weighted by Crippen LogP contribution is -2.48. The minimum absolute atomic E-state index is 0.0470. The molecule has 308 valence electrons. The van der Waals surface area contributed by atoms with Crippen molar-refractivity contribution >= 4 is 35.3 Å². The van der Waals surface area contributed by atoms with Crippen molar-refractivity contribution in [2.75, 3.05) is 17.7 Å². The van der Waals surface area contributed by atoms with Crippen LogP contribution in [0.15, 0.2) is 72.9 Å². The largest absolute Gasteiger partial charge is 0.508 e. The molecule has 0 radical (unpaired) electrons. The second-order valence-electron chi connectivity index (χ2n) is 16.0. The molecular formula is C41H46F3N7O6S. The Labute approximate surface area is 337 Å². The van der Waals surface area contributed by atoms with Gasteiger partial charge in [-0.2, -0.15) is 24.9 Å². The summed E-state index contributed by atoms with van der Waals surface area (Å²) in [6.45, 7) is 7.69. The average Bonchev–Trinajstić information content (AvgIpc) is 3.95. The van der Waals surface area contributed by atoms with Crippen molar-refractivity contribution in [3.05, 3.63) is 101 Å². The summed E-state index contributed by atoms with van der Waals surface area (Å²) >= 11 is 1.86. The van der Waals surface area contributed by atoms with Crippen LogP contribution in [0.3, 0.4) is 0 Å². The van der Waals surface area contributed by atoms with Gasteiger partial charge in [0.25, 0.3) is 0 Å². The van der Waals surface area contributed by atoms with Crippen molar-refractivity contribution in [2.45, 2.75) is 100 Å². The van der Waals surface area contributed by atoms with E-state index in [0.717, 1.165) is 31.1 Å². The summed E-state index contributed by atoms with van der Waals surface area (Å²) in [5, 5.41) is 30.3. The van der Waals surface area contributed by atoms with Gasteiger partial charge in [-0.1, -0.05) is 48.0 Å². The van der Waals surface area contributed by atoms with Gasteiger partial charge in [0.15, 0.2) is 0 Å². The van der Waals surface area contributed by atoms with E-state index in [1.807, 2.05) is 25.6 Å². The Hall–Kier alpha value is -5.29. The van der Waals surface area contributed by atoms with Crippen LogP contribution in [0, 0.1) is 0 Å². The first-order chi connectivity index (χ1) is 27.5. The number of aromatic hydroxyl groups is 1. The highest BCUT2D eigenvalue weighted by molar-refractivity contribution is 8.00. The molecule has 1 aromatic heterocycles. The molecule has 4 aromatic rings. The fourth-order valence-electron chi connectivity index (χ4n) is 7.77. The summed E-state index contributed by atoms with van der Waals surface area (Å²) in [5.74, 6) is 0.513. The molecule has 3 aliphatic rings. The number of anilines is 1. The van der Waals surface area contributed by atoms with Crippen LogP contribution in [-0.4, -0.2) is 73.4 Å². The number of halogens is 3. The Morgan fingerprint density at radius 1 is 1.00 bits per heavy atom. The summed E-state index contributed by atoms with van der Waals surface area (Å²) in [5.41, 5.74) is -3.03. The van der Waals surface area contributed by atoms with Crippen molar-refractivity contribution in [3.63, 3.8) is 0 Å². The molecule has 2 saturated heterocycles. The van der Waals surface area contributed by atoms with Gasteiger partial charge in [-0.25, -0.2) is 9.48 Å². The van der Waals surface area contributed by atoms with Crippen molar-refractivity contribution in [2.24, 2.45) is 0 Å². The second kappa shape index (κ2) is 15.8. The molecule has 2 fully saturated rings. The molecule has 0 aliphatic carbocycles. The van der Waals surface area contributed by atoms with E-state index in [9.17, 15) is 32.7 Å².